The first-order chi connectivity index (χ1) is 10.5. The van der Waals surface area contributed by atoms with Crippen molar-refractivity contribution in [3.63, 3.8) is 0 Å². The Kier molecular flexibility index (Phi) is 2.34. The molecule has 1 spiro atoms. The molecule has 4 unspecified atom stereocenters. The van der Waals surface area contributed by atoms with Crippen molar-refractivity contribution in [1.82, 2.24) is 10.2 Å². The van der Waals surface area contributed by atoms with Crippen molar-refractivity contribution in [2.24, 2.45) is 17.3 Å². The fraction of sp³-hybridized carbons (Fsp3) is 0.882. The first kappa shape index (κ1) is 13.3. The van der Waals surface area contributed by atoms with Crippen LogP contribution in [0.25, 0.3) is 0 Å². The highest BCUT2D eigenvalue weighted by atomic mass is 16.3. The zero-order chi connectivity index (χ0) is 15.2. The van der Waals surface area contributed by atoms with Crippen molar-refractivity contribution in [3.8, 4) is 6.07 Å². The lowest BCUT2D eigenvalue weighted by molar-refractivity contribution is -0.323. The minimum Gasteiger partial charge on any atom is -0.389 e. The van der Waals surface area contributed by atoms with Gasteiger partial charge in [-0.05, 0) is 56.8 Å². The van der Waals surface area contributed by atoms with E-state index in [4.69, 9.17) is 5.26 Å². The van der Waals surface area contributed by atoms with E-state index >= 15 is 0 Å². The topological polar surface area (TPSA) is 76.4 Å². The molecule has 0 aromatic carbocycles. The number of nitrogens with zero attached hydrogens (tertiary/aromatic N) is 2. The summed E-state index contributed by atoms with van der Waals surface area (Å²) in [5.41, 5.74) is -0.364. The Balaban J connectivity index is 1.30. The van der Waals surface area contributed by atoms with Crippen LogP contribution in [0.5, 0.6) is 0 Å². The minimum atomic E-state index is -0.443. The molecule has 0 radical (unpaired) electrons. The first-order valence-corrected chi connectivity index (χ1v) is 8.70. The minimum absolute atomic E-state index is 0.00507. The highest BCUT2D eigenvalue weighted by Gasteiger charge is 2.87. The molecule has 5 rings (SSSR count). The molecular formula is C17H23N3O2. The lowest BCUT2D eigenvalue weighted by Gasteiger charge is -2.77. The Morgan fingerprint density at radius 2 is 2.27 bits per heavy atom. The van der Waals surface area contributed by atoms with Crippen LogP contribution in [0.1, 0.15) is 44.9 Å². The summed E-state index contributed by atoms with van der Waals surface area (Å²) in [6.07, 6.45) is 7.10. The van der Waals surface area contributed by atoms with Crippen molar-refractivity contribution in [2.75, 3.05) is 13.1 Å². The van der Waals surface area contributed by atoms with Crippen LogP contribution in [-0.2, 0) is 4.79 Å². The highest BCUT2D eigenvalue weighted by molar-refractivity contribution is 5.79. The number of fused-ring (bicyclic) bond motifs is 1. The summed E-state index contributed by atoms with van der Waals surface area (Å²) in [5.74, 6) is 1.47. The predicted molar refractivity (Wildman–Crippen MR) is 78.5 cm³/mol. The second-order valence-corrected chi connectivity index (χ2v) is 8.40. The second kappa shape index (κ2) is 3.85. The molecule has 118 valence electrons. The monoisotopic (exact) mass is 301 g/mol. The van der Waals surface area contributed by atoms with Gasteiger partial charge >= 0.3 is 0 Å². The van der Waals surface area contributed by atoms with Gasteiger partial charge in [0.2, 0.25) is 5.91 Å². The summed E-state index contributed by atoms with van der Waals surface area (Å²) in [6, 6.07) is 2.00. The van der Waals surface area contributed by atoms with Crippen LogP contribution in [-0.4, -0.2) is 46.2 Å². The fourth-order valence-electron chi connectivity index (χ4n) is 7.15. The van der Waals surface area contributed by atoms with Crippen molar-refractivity contribution in [1.29, 1.82) is 5.26 Å². The molecule has 6 atom stereocenters. The normalized spacial score (nSPS) is 53.6. The molecule has 1 amide bonds. The van der Waals surface area contributed by atoms with Crippen LogP contribution in [0.3, 0.4) is 0 Å². The van der Waals surface area contributed by atoms with E-state index in [1.54, 1.807) is 4.90 Å². The number of likely N-dealkylation sites (tertiary alicyclic amines) is 1. The molecule has 0 aromatic heterocycles. The number of aliphatic hydroxyl groups is 1. The summed E-state index contributed by atoms with van der Waals surface area (Å²) in [5, 5.41) is 23.5. The van der Waals surface area contributed by atoms with E-state index in [0.29, 0.717) is 19.0 Å². The number of hydrogen-bond donors (Lipinski definition) is 2. The molecular weight excluding hydrogens is 278 g/mol. The molecule has 22 heavy (non-hydrogen) atoms. The maximum atomic E-state index is 12.5. The lowest BCUT2D eigenvalue weighted by atomic mass is 9.32. The van der Waals surface area contributed by atoms with Gasteiger partial charge < -0.3 is 15.3 Å². The average molecular weight is 301 g/mol. The van der Waals surface area contributed by atoms with Crippen LogP contribution in [0.4, 0.5) is 0 Å². The summed E-state index contributed by atoms with van der Waals surface area (Å²) in [7, 11) is 0. The molecule has 1 aliphatic heterocycles. The van der Waals surface area contributed by atoms with E-state index < -0.39 is 5.60 Å². The van der Waals surface area contributed by atoms with Gasteiger partial charge in [-0.2, -0.15) is 5.26 Å². The largest absolute Gasteiger partial charge is 0.389 e. The lowest BCUT2D eigenvalue weighted by Crippen LogP contribution is -2.85. The van der Waals surface area contributed by atoms with Crippen molar-refractivity contribution < 1.29 is 9.90 Å². The number of nitriles is 1. The molecule has 5 aliphatic rings. The quantitative estimate of drug-likeness (QED) is 0.808. The van der Waals surface area contributed by atoms with Gasteiger partial charge in [0.15, 0.2) is 0 Å². The average Bonchev–Trinajstić information content (AvgIpc) is 3.14. The molecule has 2 N–H and O–H groups in total. The van der Waals surface area contributed by atoms with Gasteiger partial charge in [-0.3, -0.25) is 4.79 Å². The highest BCUT2D eigenvalue weighted by Crippen LogP contribution is 2.84. The van der Waals surface area contributed by atoms with Crippen LogP contribution in [0, 0.1) is 28.6 Å². The molecule has 1 heterocycles. The third-order valence-corrected chi connectivity index (χ3v) is 7.73. The molecule has 5 fully saturated rings. The third-order valence-electron chi connectivity index (χ3n) is 7.73. The van der Waals surface area contributed by atoms with Gasteiger partial charge in [0.1, 0.15) is 6.04 Å². The van der Waals surface area contributed by atoms with Gasteiger partial charge in [0.25, 0.3) is 0 Å². The third kappa shape index (κ3) is 1.24. The van der Waals surface area contributed by atoms with E-state index in [9.17, 15) is 9.90 Å². The Labute approximate surface area is 130 Å². The van der Waals surface area contributed by atoms with Gasteiger partial charge in [-0.25, -0.2) is 0 Å². The molecule has 4 aliphatic carbocycles. The van der Waals surface area contributed by atoms with Crippen LogP contribution in [0.2, 0.25) is 0 Å². The Hall–Kier alpha value is -1.12. The summed E-state index contributed by atoms with van der Waals surface area (Å²) >= 11 is 0. The Morgan fingerprint density at radius 1 is 1.41 bits per heavy atom. The van der Waals surface area contributed by atoms with Crippen LogP contribution < -0.4 is 5.32 Å². The zero-order valence-electron chi connectivity index (χ0n) is 12.8. The van der Waals surface area contributed by atoms with E-state index in [0.717, 1.165) is 44.4 Å². The second-order valence-electron chi connectivity index (χ2n) is 8.40. The summed E-state index contributed by atoms with van der Waals surface area (Å²) in [4.78, 5) is 14.2. The van der Waals surface area contributed by atoms with Crippen molar-refractivity contribution in [2.45, 2.75) is 62.1 Å². The van der Waals surface area contributed by atoms with E-state index in [2.05, 4.69) is 11.4 Å². The fourth-order valence-corrected chi connectivity index (χ4v) is 7.15. The number of rotatable bonds is 3. The standard InChI is InChI=1S/C17H23N3O2/c18-8-13-2-1-3-20(13)14(21)9-19-15-5-11-4-12-7-16(22,10-15)17(12,15)6-11/h11-13,19,22H,1-7,9-10H2/t11?,12-,13+,15?,16?,17?/m1/s1. The van der Waals surface area contributed by atoms with Gasteiger partial charge in [0, 0.05) is 17.5 Å². The van der Waals surface area contributed by atoms with Crippen LogP contribution >= 0.6 is 0 Å². The van der Waals surface area contributed by atoms with E-state index in [1.165, 1.54) is 6.42 Å². The summed E-state index contributed by atoms with van der Waals surface area (Å²) < 4.78 is 0. The van der Waals surface area contributed by atoms with Crippen molar-refractivity contribution >= 4 is 5.91 Å². The Bertz CT molecular complexity index is 601. The SMILES string of the molecule is N#C[C@@H]1CCCN1C(=O)CNC12CC3C[C@@H]4CC(O)(C1)C42C3. The zero-order valence-corrected chi connectivity index (χ0v) is 12.8. The molecule has 0 aromatic rings. The molecule has 5 nitrogen and oxygen atoms in total. The molecule has 2 bridgehead atoms. The Morgan fingerprint density at radius 3 is 3.00 bits per heavy atom. The number of carbonyl (C=O) groups excluding carboxylic acids is 1. The first-order valence-electron chi connectivity index (χ1n) is 8.70. The maximum absolute atomic E-state index is 12.5. The maximum Gasteiger partial charge on any atom is 0.237 e. The number of carbonyl (C=O) groups is 1. The van der Waals surface area contributed by atoms with E-state index in [-0.39, 0.29) is 22.9 Å². The van der Waals surface area contributed by atoms with E-state index in [1.807, 2.05) is 0 Å². The predicted octanol–water partition coefficient (Wildman–Crippen LogP) is 0.784. The molecule has 5 heteroatoms. The summed E-state index contributed by atoms with van der Waals surface area (Å²) in [6.45, 7) is 1.04. The van der Waals surface area contributed by atoms with Gasteiger partial charge in [-0.15, -0.1) is 0 Å². The number of amides is 1. The molecule has 1 saturated heterocycles. The molecule has 4 saturated carbocycles. The smallest absolute Gasteiger partial charge is 0.237 e. The van der Waals surface area contributed by atoms with Gasteiger partial charge in [-0.1, -0.05) is 0 Å². The van der Waals surface area contributed by atoms with Crippen LogP contribution in [0.15, 0.2) is 0 Å². The van der Waals surface area contributed by atoms with Gasteiger partial charge in [0.05, 0.1) is 18.2 Å². The number of nitrogens with one attached hydrogen (secondary N) is 1. The number of hydrogen-bond acceptors (Lipinski definition) is 4. The van der Waals surface area contributed by atoms with Crippen molar-refractivity contribution in [3.05, 3.63) is 0 Å².